The predicted molar refractivity (Wildman–Crippen MR) is 77.9 cm³/mol. The van der Waals surface area contributed by atoms with Crippen LogP contribution in [0.5, 0.6) is 0 Å². The topological polar surface area (TPSA) is 43.8 Å². The molecule has 1 aliphatic heterocycles. The van der Waals surface area contributed by atoms with Gasteiger partial charge in [-0.05, 0) is 30.4 Å². The second kappa shape index (κ2) is 5.94. The van der Waals surface area contributed by atoms with Crippen LogP contribution in [0.4, 0.5) is 0 Å². The van der Waals surface area contributed by atoms with E-state index in [1.165, 1.54) is 24.0 Å². The Morgan fingerprint density at radius 2 is 1.85 bits per heavy atom. The van der Waals surface area contributed by atoms with Crippen LogP contribution in [-0.4, -0.2) is 59.6 Å². The van der Waals surface area contributed by atoms with E-state index in [0.29, 0.717) is 6.04 Å². The first-order valence-corrected chi connectivity index (χ1v) is 7.47. The van der Waals surface area contributed by atoms with Gasteiger partial charge in [-0.3, -0.25) is 14.6 Å². The first-order chi connectivity index (χ1) is 9.72. The van der Waals surface area contributed by atoms with Gasteiger partial charge in [0.2, 0.25) is 0 Å². The number of piperazine rings is 1. The van der Waals surface area contributed by atoms with Crippen LogP contribution in [0.1, 0.15) is 17.5 Å². The molecule has 1 heterocycles. The molecule has 0 radical (unpaired) electrons. The molecule has 1 aromatic rings. The fourth-order valence-electron chi connectivity index (χ4n) is 3.47. The van der Waals surface area contributed by atoms with Crippen LogP contribution in [0.3, 0.4) is 0 Å². The Labute approximate surface area is 120 Å². The molecule has 1 unspecified atom stereocenters. The summed E-state index contributed by atoms with van der Waals surface area (Å²) >= 11 is 0. The third-order valence-electron chi connectivity index (χ3n) is 4.60. The van der Waals surface area contributed by atoms with Crippen LogP contribution >= 0.6 is 0 Å². The molecule has 4 heteroatoms. The summed E-state index contributed by atoms with van der Waals surface area (Å²) in [4.78, 5) is 15.3. The van der Waals surface area contributed by atoms with Crippen molar-refractivity contribution in [1.29, 1.82) is 0 Å². The molecule has 3 rings (SSSR count). The van der Waals surface area contributed by atoms with E-state index in [1.807, 2.05) is 4.90 Å². The summed E-state index contributed by atoms with van der Waals surface area (Å²) in [5.41, 5.74) is 3.00. The molecule has 1 atom stereocenters. The maximum Gasteiger partial charge on any atom is 0.317 e. The maximum absolute atomic E-state index is 10.7. The van der Waals surface area contributed by atoms with Crippen molar-refractivity contribution < 1.29 is 9.90 Å². The quantitative estimate of drug-likeness (QED) is 0.901. The second-order valence-electron chi connectivity index (χ2n) is 5.87. The zero-order chi connectivity index (χ0) is 13.9. The summed E-state index contributed by atoms with van der Waals surface area (Å²) in [6.07, 6.45) is 3.56. The third-order valence-corrected chi connectivity index (χ3v) is 4.60. The standard InChI is InChI=1S/C16H22N2O2/c19-16(20)12-17-7-9-18(10-8-17)15-6-5-13-3-1-2-4-14(13)11-15/h1-4,15H,5-12H2,(H,19,20). The lowest BCUT2D eigenvalue weighted by molar-refractivity contribution is -0.138. The van der Waals surface area contributed by atoms with Crippen molar-refractivity contribution in [3.05, 3.63) is 35.4 Å². The van der Waals surface area contributed by atoms with Gasteiger partial charge in [-0.2, -0.15) is 0 Å². The smallest absolute Gasteiger partial charge is 0.317 e. The number of hydrogen-bond acceptors (Lipinski definition) is 3. The van der Waals surface area contributed by atoms with Gasteiger partial charge in [-0.1, -0.05) is 24.3 Å². The molecule has 20 heavy (non-hydrogen) atoms. The van der Waals surface area contributed by atoms with E-state index in [2.05, 4.69) is 29.2 Å². The third kappa shape index (κ3) is 3.02. The van der Waals surface area contributed by atoms with E-state index >= 15 is 0 Å². The Bertz CT molecular complexity index is 481. The van der Waals surface area contributed by atoms with Gasteiger partial charge in [0.25, 0.3) is 0 Å². The molecule has 0 bridgehead atoms. The minimum absolute atomic E-state index is 0.182. The zero-order valence-corrected chi connectivity index (χ0v) is 11.8. The lowest BCUT2D eigenvalue weighted by Gasteiger charge is -2.40. The number of hydrogen-bond donors (Lipinski definition) is 1. The van der Waals surface area contributed by atoms with E-state index in [-0.39, 0.29) is 6.54 Å². The molecule has 108 valence electrons. The van der Waals surface area contributed by atoms with Crippen molar-refractivity contribution >= 4 is 5.97 Å². The summed E-state index contributed by atoms with van der Waals surface area (Å²) in [5.74, 6) is -0.718. The molecular formula is C16H22N2O2. The van der Waals surface area contributed by atoms with Crippen LogP contribution in [-0.2, 0) is 17.6 Å². The Morgan fingerprint density at radius 1 is 1.15 bits per heavy atom. The number of nitrogens with zero attached hydrogens (tertiary/aromatic N) is 2. The molecule has 1 fully saturated rings. The first-order valence-electron chi connectivity index (χ1n) is 7.47. The molecule has 2 aliphatic rings. The fourth-order valence-corrected chi connectivity index (χ4v) is 3.47. The van der Waals surface area contributed by atoms with Gasteiger partial charge >= 0.3 is 5.97 Å². The van der Waals surface area contributed by atoms with Crippen molar-refractivity contribution in [3.63, 3.8) is 0 Å². The number of rotatable bonds is 3. The summed E-state index contributed by atoms with van der Waals surface area (Å²) in [7, 11) is 0. The molecule has 0 aromatic heterocycles. The number of aliphatic carboxylic acids is 1. The van der Waals surface area contributed by atoms with E-state index < -0.39 is 5.97 Å². The molecule has 0 saturated carbocycles. The summed E-state index contributed by atoms with van der Waals surface area (Å²) < 4.78 is 0. The molecule has 1 saturated heterocycles. The Kier molecular flexibility index (Phi) is 4.03. The van der Waals surface area contributed by atoms with Crippen molar-refractivity contribution in [1.82, 2.24) is 9.80 Å². The van der Waals surface area contributed by atoms with Crippen LogP contribution in [0, 0.1) is 0 Å². The molecule has 4 nitrogen and oxygen atoms in total. The van der Waals surface area contributed by atoms with Gasteiger partial charge in [-0.15, -0.1) is 0 Å². The lowest BCUT2D eigenvalue weighted by atomic mass is 9.87. The average Bonchev–Trinajstić information content (AvgIpc) is 2.47. The van der Waals surface area contributed by atoms with E-state index in [0.717, 1.165) is 32.6 Å². The van der Waals surface area contributed by atoms with Crippen molar-refractivity contribution in [2.75, 3.05) is 32.7 Å². The van der Waals surface area contributed by atoms with Gasteiger partial charge in [0, 0.05) is 32.2 Å². The normalized spacial score (nSPS) is 24.3. The highest BCUT2D eigenvalue weighted by Gasteiger charge is 2.27. The minimum atomic E-state index is -0.718. The molecule has 1 aliphatic carbocycles. The highest BCUT2D eigenvalue weighted by Crippen LogP contribution is 2.25. The van der Waals surface area contributed by atoms with Gasteiger partial charge < -0.3 is 5.11 Å². The van der Waals surface area contributed by atoms with Crippen LogP contribution in [0.15, 0.2) is 24.3 Å². The summed E-state index contributed by atoms with van der Waals surface area (Å²) in [6.45, 7) is 3.94. The average molecular weight is 274 g/mol. The Morgan fingerprint density at radius 3 is 2.55 bits per heavy atom. The monoisotopic (exact) mass is 274 g/mol. The maximum atomic E-state index is 10.7. The van der Waals surface area contributed by atoms with Gasteiger partial charge in [0.1, 0.15) is 0 Å². The Hall–Kier alpha value is -1.39. The molecule has 0 amide bonds. The highest BCUT2D eigenvalue weighted by molar-refractivity contribution is 5.69. The second-order valence-corrected chi connectivity index (χ2v) is 5.87. The zero-order valence-electron chi connectivity index (χ0n) is 11.8. The number of fused-ring (bicyclic) bond motifs is 1. The number of carboxylic acids is 1. The molecule has 1 aromatic carbocycles. The molecule has 1 N–H and O–H groups in total. The van der Waals surface area contributed by atoms with Gasteiger partial charge in [0.15, 0.2) is 0 Å². The highest BCUT2D eigenvalue weighted by atomic mass is 16.4. The number of aryl methyl sites for hydroxylation is 1. The number of benzene rings is 1. The van der Waals surface area contributed by atoms with Crippen LogP contribution in [0.2, 0.25) is 0 Å². The van der Waals surface area contributed by atoms with Gasteiger partial charge in [-0.25, -0.2) is 0 Å². The lowest BCUT2D eigenvalue weighted by Crippen LogP contribution is -2.52. The number of carboxylic acid groups (broad SMARTS) is 1. The van der Waals surface area contributed by atoms with Gasteiger partial charge in [0.05, 0.1) is 6.54 Å². The van der Waals surface area contributed by atoms with E-state index in [4.69, 9.17) is 5.11 Å². The summed E-state index contributed by atoms with van der Waals surface area (Å²) in [5, 5.41) is 8.83. The fraction of sp³-hybridized carbons (Fsp3) is 0.562. The minimum Gasteiger partial charge on any atom is -0.480 e. The van der Waals surface area contributed by atoms with E-state index in [1.54, 1.807) is 0 Å². The molecule has 0 spiro atoms. The van der Waals surface area contributed by atoms with E-state index in [9.17, 15) is 4.79 Å². The first kappa shape index (κ1) is 13.6. The summed E-state index contributed by atoms with van der Waals surface area (Å²) in [6, 6.07) is 9.39. The molecular weight excluding hydrogens is 252 g/mol. The van der Waals surface area contributed by atoms with Crippen LogP contribution < -0.4 is 0 Å². The van der Waals surface area contributed by atoms with Crippen molar-refractivity contribution in [2.24, 2.45) is 0 Å². The predicted octanol–water partition coefficient (Wildman–Crippen LogP) is 1.25. The van der Waals surface area contributed by atoms with Crippen molar-refractivity contribution in [3.8, 4) is 0 Å². The van der Waals surface area contributed by atoms with Crippen LogP contribution in [0.25, 0.3) is 0 Å². The largest absolute Gasteiger partial charge is 0.480 e. The Balaban J connectivity index is 1.56. The number of carbonyl (C=O) groups is 1. The SMILES string of the molecule is O=C(O)CN1CCN(C2CCc3ccccc3C2)CC1. The van der Waals surface area contributed by atoms with Crippen molar-refractivity contribution in [2.45, 2.75) is 25.3 Å².